The van der Waals surface area contributed by atoms with Crippen molar-refractivity contribution in [2.45, 2.75) is 32.7 Å². The molecule has 0 radical (unpaired) electrons. The molecule has 1 aromatic heterocycles. The molecule has 3 rings (SSSR count). The van der Waals surface area contributed by atoms with Crippen LogP contribution < -0.4 is 10.6 Å². The van der Waals surface area contributed by atoms with E-state index in [2.05, 4.69) is 27.4 Å². The fourth-order valence-corrected chi connectivity index (χ4v) is 3.98. The summed E-state index contributed by atoms with van der Waals surface area (Å²) in [4.78, 5) is 32.1. The number of carbonyl (C=O) groups is 2. The topological polar surface area (TPSA) is 74.3 Å². The molecule has 1 aliphatic heterocycles. The van der Waals surface area contributed by atoms with E-state index in [4.69, 9.17) is 0 Å². The molecule has 26 heavy (non-hydrogen) atoms. The Morgan fingerprint density at radius 3 is 2.81 bits per heavy atom. The molecular weight excluding hydrogens is 348 g/mol. The molecule has 2 aromatic rings. The minimum absolute atomic E-state index is 0.0756. The van der Waals surface area contributed by atoms with Gasteiger partial charge in [-0.2, -0.15) is 0 Å². The molecular formula is C19H24N4O2S. The molecule has 0 aliphatic carbocycles. The molecule has 2 amide bonds. The van der Waals surface area contributed by atoms with Crippen LogP contribution in [0.1, 0.15) is 29.5 Å². The normalized spacial score (nSPS) is 13.9. The number of hydrogen-bond donors (Lipinski definition) is 2. The highest BCUT2D eigenvalue weighted by Crippen LogP contribution is 2.28. The highest BCUT2D eigenvalue weighted by Gasteiger charge is 2.20. The van der Waals surface area contributed by atoms with E-state index < -0.39 is 0 Å². The van der Waals surface area contributed by atoms with Crippen molar-refractivity contribution in [2.24, 2.45) is 0 Å². The molecule has 1 aliphatic rings. The first-order valence-corrected chi connectivity index (χ1v) is 9.77. The molecule has 2 heterocycles. The maximum Gasteiger partial charge on any atom is 0.227 e. The van der Waals surface area contributed by atoms with E-state index in [1.165, 1.54) is 4.88 Å². The summed E-state index contributed by atoms with van der Waals surface area (Å²) in [7, 11) is 0. The molecule has 0 saturated heterocycles. The van der Waals surface area contributed by atoms with Crippen LogP contribution in [-0.4, -0.2) is 41.3 Å². The summed E-state index contributed by atoms with van der Waals surface area (Å²) in [6.07, 6.45) is 1.51. The molecule has 0 fully saturated rings. The van der Waals surface area contributed by atoms with Crippen LogP contribution in [0.2, 0.25) is 0 Å². The van der Waals surface area contributed by atoms with Crippen molar-refractivity contribution in [1.82, 2.24) is 15.2 Å². The van der Waals surface area contributed by atoms with Gasteiger partial charge in [0.2, 0.25) is 11.8 Å². The van der Waals surface area contributed by atoms with Crippen LogP contribution in [0.25, 0.3) is 0 Å². The van der Waals surface area contributed by atoms with Crippen molar-refractivity contribution in [3.8, 4) is 0 Å². The minimum Gasteiger partial charge on any atom is -0.355 e. The van der Waals surface area contributed by atoms with Gasteiger partial charge in [-0.1, -0.05) is 37.3 Å². The largest absolute Gasteiger partial charge is 0.355 e. The Bertz CT molecular complexity index is 760. The summed E-state index contributed by atoms with van der Waals surface area (Å²) in [6.45, 7) is 5.44. The number of aromatic nitrogens is 1. The molecule has 0 atom stereocenters. The molecule has 2 N–H and O–H groups in total. The van der Waals surface area contributed by atoms with Crippen molar-refractivity contribution in [3.63, 3.8) is 0 Å². The van der Waals surface area contributed by atoms with E-state index in [0.717, 1.165) is 37.3 Å². The maximum absolute atomic E-state index is 12.1. The van der Waals surface area contributed by atoms with Gasteiger partial charge in [-0.05, 0) is 12.1 Å². The zero-order valence-electron chi connectivity index (χ0n) is 15.0. The highest BCUT2D eigenvalue weighted by atomic mass is 32.1. The second kappa shape index (κ2) is 8.91. The Morgan fingerprint density at radius 1 is 1.23 bits per heavy atom. The van der Waals surface area contributed by atoms with Gasteiger partial charge in [0.05, 0.1) is 12.1 Å². The summed E-state index contributed by atoms with van der Waals surface area (Å²) in [5.74, 6) is -0.197. The quantitative estimate of drug-likeness (QED) is 0.781. The third-order valence-electron chi connectivity index (χ3n) is 4.39. The molecule has 0 bridgehead atoms. The molecule has 0 saturated carbocycles. The summed E-state index contributed by atoms with van der Waals surface area (Å²) in [5, 5.41) is 6.30. The number of fused-ring (bicyclic) bond motifs is 1. The number of anilines is 1. The van der Waals surface area contributed by atoms with Gasteiger partial charge in [-0.25, -0.2) is 4.98 Å². The molecule has 1 aromatic carbocycles. The summed E-state index contributed by atoms with van der Waals surface area (Å²) in [5.41, 5.74) is 2.06. The Morgan fingerprint density at radius 2 is 2.04 bits per heavy atom. The number of nitrogens with zero attached hydrogens (tertiary/aromatic N) is 2. The highest BCUT2D eigenvalue weighted by molar-refractivity contribution is 7.15. The zero-order chi connectivity index (χ0) is 18.4. The second-order valence-electron chi connectivity index (χ2n) is 6.32. The lowest BCUT2D eigenvalue weighted by Gasteiger charge is -2.23. The molecule has 6 nitrogen and oxygen atoms in total. The predicted octanol–water partition coefficient (Wildman–Crippen LogP) is 2.21. The molecule has 138 valence electrons. The van der Waals surface area contributed by atoms with Gasteiger partial charge in [0.15, 0.2) is 5.13 Å². The maximum atomic E-state index is 12.1. The second-order valence-corrected chi connectivity index (χ2v) is 7.40. The number of nitrogens with one attached hydrogen (secondary N) is 2. The first kappa shape index (κ1) is 18.5. The minimum atomic E-state index is -0.122. The number of carbonyl (C=O) groups excluding carboxylic acids is 2. The Balaban J connectivity index is 1.41. The van der Waals surface area contributed by atoms with Gasteiger partial charge in [-0.15, -0.1) is 11.3 Å². The lowest BCUT2D eigenvalue weighted by atomic mass is 10.1. The number of hydrogen-bond acceptors (Lipinski definition) is 5. The van der Waals surface area contributed by atoms with Gasteiger partial charge in [0.1, 0.15) is 0 Å². The van der Waals surface area contributed by atoms with Crippen LogP contribution >= 0.6 is 11.3 Å². The van der Waals surface area contributed by atoms with Crippen molar-refractivity contribution >= 4 is 28.3 Å². The van der Waals surface area contributed by atoms with E-state index in [1.54, 1.807) is 11.3 Å². The zero-order valence-corrected chi connectivity index (χ0v) is 15.8. The first-order chi connectivity index (χ1) is 12.6. The number of thiazole rings is 1. The van der Waals surface area contributed by atoms with E-state index in [1.807, 2.05) is 30.3 Å². The predicted molar refractivity (Wildman–Crippen MR) is 103 cm³/mol. The number of rotatable bonds is 7. The first-order valence-electron chi connectivity index (χ1n) is 8.95. The van der Waals surface area contributed by atoms with Crippen molar-refractivity contribution in [1.29, 1.82) is 0 Å². The lowest BCUT2D eigenvalue weighted by Crippen LogP contribution is -2.29. The fourth-order valence-electron chi connectivity index (χ4n) is 2.91. The Kier molecular flexibility index (Phi) is 6.35. The SMILES string of the molecule is CCN1CCc2nc(NC(=O)CCNC(=O)Cc3ccccc3)sc2C1. The Labute approximate surface area is 157 Å². The number of benzene rings is 1. The van der Waals surface area contributed by atoms with Crippen LogP contribution in [0.5, 0.6) is 0 Å². The van der Waals surface area contributed by atoms with Gasteiger partial charge >= 0.3 is 0 Å². The fraction of sp³-hybridized carbons (Fsp3) is 0.421. The van der Waals surface area contributed by atoms with E-state index >= 15 is 0 Å². The van der Waals surface area contributed by atoms with Gasteiger partial charge in [0.25, 0.3) is 0 Å². The van der Waals surface area contributed by atoms with E-state index in [-0.39, 0.29) is 18.2 Å². The molecule has 0 unspecified atom stereocenters. The van der Waals surface area contributed by atoms with Gasteiger partial charge < -0.3 is 10.6 Å². The van der Waals surface area contributed by atoms with Crippen LogP contribution in [0.4, 0.5) is 5.13 Å². The summed E-state index contributed by atoms with van der Waals surface area (Å²) in [6, 6.07) is 9.56. The van der Waals surface area contributed by atoms with Crippen molar-refractivity contribution in [2.75, 3.05) is 25.0 Å². The number of likely N-dealkylation sites (N-methyl/N-ethyl adjacent to an activating group) is 1. The third kappa shape index (κ3) is 5.12. The molecule has 7 heteroatoms. The van der Waals surface area contributed by atoms with Gasteiger partial charge in [0, 0.05) is 37.4 Å². The van der Waals surface area contributed by atoms with Crippen LogP contribution in [0, 0.1) is 0 Å². The average Bonchev–Trinajstić information content (AvgIpc) is 3.03. The van der Waals surface area contributed by atoms with Gasteiger partial charge in [-0.3, -0.25) is 14.5 Å². The Hall–Kier alpha value is -2.25. The van der Waals surface area contributed by atoms with Crippen LogP contribution in [-0.2, 0) is 29.0 Å². The van der Waals surface area contributed by atoms with E-state index in [0.29, 0.717) is 18.1 Å². The standard InChI is InChI=1S/C19H24N4O2S/c1-2-23-11-9-15-16(13-23)26-19(21-15)22-17(24)8-10-20-18(25)12-14-6-4-3-5-7-14/h3-7H,2,8-13H2,1H3,(H,20,25)(H,21,22,24). The third-order valence-corrected chi connectivity index (χ3v) is 5.38. The van der Waals surface area contributed by atoms with E-state index in [9.17, 15) is 9.59 Å². The smallest absolute Gasteiger partial charge is 0.227 e. The monoisotopic (exact) mass is 372 g/mol. The van der Waals surface area contributed by atoms with Crippen LogP contribution in [0.15, 0.2) is 30.3 Å². The summed E-state index contributed by atoms with van der Waals surface area (Å²) < 4.78 is 0. The van der Waals surface area contributed by atoms with Crippen LogP contribution in [0.3, 0.4) is 0 Å². The van der Waals surface area contributed by atoms with Crippen molar-refractivity contribution in [3.05, 3.63) is 46.5 Å². The summed E-state index contributed by atoms with van der Waals surface area (Å²) >= 11 is 1.55. The number of amides is 2. The molecule has 0 spiro atoms. The lowest BCUT2D eigenvalue weighted by molar-refractivity contribution is -0.120. The van der Waals surface area contributed by atoms with Crippen molar-refractivity contribution < 1.29 is 9.59 Å². The average molecular weight is 372 g/mol.